The van der Waals surface area contributed by atoms with Crippen LogP contribution in [0.2, 0.25) is 0 Å². The Morgan fingerprint density at radius 2 is 1.95 bits per heavy atom. The minimum Gasteiger partial charge on any atom is -0.336 e. The first-order chi connectivity index (χ1) is 9.25. The monoisotopic (exact) mass is 275 g/mol. The van der Waals surface area contributed by atoms with Crippen LogP contribution in [0.25, 0.3) is 0 Å². The van der Waals surface area contributed by atoms with Crippen molar-refractivity contribution in [3.63, 3.8) is 0 Å². The Morgan fingerprint density at radius 1 is 1.26 bits per heavy atom. The average Bonchev–Trinajstić information content (AvgIpc) is 3.29. The van der Waals surface area contributed by atoms with Gasteiger partial charge in [0, 0.05) is 17.0 Å². The van der Waals surface area contributed by atoms with Crippen LogP contribution in [0.3, 0.4) is 0 Å². The van der Waals surface area contributed by atoms with Gasteiger partial charge in [-0.1, -0.05) is 18.2 Å². The summed E-state index contributed by atoms with van der Waals surface area (Å²) in [7, 11) is 0. The van der Waals surface area contributed by atoms with E-state index in [0.29, 0.717) is 23.7 Å². The molecule has 3 rings (SSSR count). The highest BCUT2D eigenvalue weighted by molar-refractivity contribution is 8.00. The van der Waals surface area contributed by atoms with E-state index in [0.717, 1.165) is 5.92 Å². The summed E-state index contributed by atoms with van der Waals surface area (Å²) in [5, 5.41) is 0. The molecule has 0 heterocycles. The lowest BCUT2D eigenvalue weighted by atomic mass is 10.2. The third-order valence-electron chi connectivity index (χ3n) is 4.08. The van der Waals surface area contributed by atoms with Crippen LogP contribution < -0.4 is 0 Å². The summed E-state index contributed by atoms with van der Waals surface area (Å²) in [5.41, 5.74) is 0. The lowest BCUT2D eigenvalue weighted by Crippen LogP contribution is -2.42. The SMILES string of the molecule is CC(C1CC1)N(C(=O)CSc1ccccc1)C1CC1. The van der Waals surface area contributed by atoms with E-state index in [9.17, 15) is 4.79 Å². The molecule has 1 atom stereocenters. The highest BCUT2D eigenvalue weighted by atomic mass is 32.2. The topological polar surface area (TPSA) is 20.3 Å². The van der Waals surface area contributed by atoms with Gasteiger partial charge in [-0.2, -0.15) is 0 Å². The van der Waals surface area contributed by atoms with Gasteiger partial charge in [0.05, 0.1) is 5.75 Å². The lowest BCUT2D eigenvalue weighted by molar-refractivity contribution is -0.131. The Hall–Kier alpha value is -0.960. The van der Waals surface area contributed by atoms with Crippen LogP contribution in [-0.2, 0) is 4.79 Å². The number of benzene rings is 1. The predicted octanol–water partition coefficient (Wildman–Crippen LogP) is 3.57. The van der Waals surface area contributed by atoms with Crippen LogP contribution in [0.1, 0.15) is 32.6 Å². The van der Waals surface area contributed by atoms with Gasteiger partial charge in [0.2, 0.25) is 5.91 Å². The van der Waals surface area contributed by atoms with E-state index in [1.807, 2.05) is 18.2 Å². The zero-order chi connectivity index (χ0) is 13.2. The molecule has 0 saturated heterocycles. The Kier molecular flexibility index (Phi) is 3.83. The molecule has 0 spiro atoms. The molecule has 3 heteroatoms. The molecule has 1 aromatic carbocycles. The second-order valence-corrected chi connectivity index (χ2v) is 6.76. The molecule has 1 unspecified atom stereocenters. The molecule has 2 saturated carbocycles. The van der Waals surface area contributed by atoms with E-state index in [1.54, 1.807) is 11.8 Å². The maximum Gasteiger partial charge on any atom is 0.233 e. The fourth-order valence-electron chi connectivity index (χ4n) is 2.66. The number of nitrogens with zero attached hydrogens (tertiary/aromatic N) is 1. The van der Waals surface area contributed by atoms with Crippen molar-refractivity contribution in [2.45, 2.75) is 49.6 Å². The summed E-state index contributed by atoms with van der Waals surface area (Å²) in [5.74, 6) is 1.68. The van der Waals surface area contributed by atoms with Gasteiger partial charge in [-0.15, -0.1) is 11.8 Å². The summed E-state index contributed by atoms with van der Waals surface area (Å²) >= 11 is 1.66. The normalized spacial score (nSPS) is 20.1. The Labute approximate surface area is 119 Å². The number of thioether (sulfide) groups is 1. The summed E-state index contributed by atoms with van der Waals surface area (Å²) < 4.78 is 0. The van der Waals surface area contributed by atoms with E-state index in [2.05, 4.69) is 24.0 Å². The summed E-state index contributed by atoms with van der Waals surface area (Å²) in [4.78, 5) is 15.9. The second kappa shape index (κ2) is 5.58. The fourth-order valence-corrected chi connectivity index (χ4v) is 3.45. The summed E-state index contributed by atoms with van der Waals surface area (Å²) in [6.45, 7) is 2.24. The van der Waals surface area contributed by atoms with E-state index in [4.69, 9.17) is 0 Å². The Balaban J connectivity index is 1.58. The van der Waals surface area contributed by atoms with Gasteiger partial charge in [0.25, 0.3) is 0 Å². The van der Waals surface area contributed by atoms with Crippen LogP contribution in [0.5, 0.6) is 0 Å². The van der Waals surface area contributed by atoms with E-state index >= 15 is 0 Å². The van der Waals surface area contributed by atoms with E-state index < -0.39 is 0 Å². The molecule has 1 amide bonds. The zero-order valence-electron chi connectivity index (χ0n) is 11.4. The van der Waals surface area contributed by atoms with Crippen molar-refractivity contribution in [1.82, 2.24) is 4.90 Å². The third-order valence-corrected chi connectivity index (χ3v) is 5.07. The average molecular weight is 275 g/mol. The largest absolute Gasteiger partial charge is 0.336 e. The van der Waals surface area contributed by atoms with Crippen molar-refractivity contribution in [1.29, 1.82) is 0 Å². The van der Waals surface area contributed by atoms with Crippen molar-refractivity contribution in [3.05, 3.63) is 30.3 Å². The molecule has 102 valence electrons. The first kappa shape index (κ1) is 13.0. The lowest BCUT2D eigenvalue weighted by Gasteiger charge is -2.29. The highest BCUT2D eigenvalue weighted by Crippen LogP contribution is 2.40. The van der Waals surface area contributed by atoms with Crippen LogP contribution >= 0.6 is 11.8 Å². The smallest absolute Gasteiger partial charge is 0.233 e. The molecule has 19 heavy (non-hydrogen) atoms. The van der Waals surface area contributed by atoms with Gasteiger partial charge in [-0.25, -0.2) is 0 Å². The minimum absolute atomic E-state index is 0.329. The summed E-state index contributed by atoms with van der Waals surface area (Å²) in [6.07, 6.45) is 5.03. The van der Waals surface area contributed by atoms with Crippen molar-refractivity contribution >= 4 is 17.7 Å². The van der Waals surface area contributed by atoms with Crippen molar-refractivity contribution < 1.29 is 4.79 Å². The Morgan fingerprint density at radius 3 is 2.53 bits per heavy atom. The molecular formula is C16H21NOS. The van der Waals surface area contributed by atoms with Crippen molar-refractivity contribution in [3.8, 4) is 0 Å². The molecule has 2 aliphatic rings. The second-order valence-electron chi connectivity index (χ2n) is 5.71. The van der Waals surface area contributed by atoms with Gasteiger partial charge in [0.1, 0.15) is 0 Å². The van der Waals surface area contributed by atoms with Crippen molar-refractivity contribution in [2.75, 3.05) is 5.75 Å². The number of hydrogen-bond acceptors (Lipinski definition) is 2. The van der Waals surface area contributed by atoms with Crippen LogP contribution in [-0.4, -0.2) is 28.6 Å². The molecule has 0 aromatic heterocycles. The standard InChI is InChI=1S/C16H21NOS/c1-12(13-7-8-13)17(14-9-10-14)16(18)11-19-15-5-3-2-4-6-15/h2-6,12-14H,7-11H2,1H3. The molecular weight excluding hydrogens is 254 g/mol. The predicted molar refractivity (Wildman–Crippen MR) is 79.2 cm³/mol. The molecule has 2 nitrogen and oxygen atoms in total. The first-order valence-electron chi connectivity index (χ1n) is 7.24. The number of carbonyl (C=O) groups excluding carboxylic acids is 1. The minimum atomic E-state index is 0.329. The quantitative estimate of drug-likeness (QED) is 0.740. The maximum atomic E-state index is 12.5. The molecule has 2 aliphatic carbocycles. The third kappa shape index (κ3) is 3.33. The van der Waals surface area contributed by atoms with Gasteiger partial charge in [-0.05, 0) is 50.7 Å². The molecule has 0 radical (unpaired) electrons. The van der Waals surface area contributed by atoms with Gasteiger partial charge >= 0.3 is 0 Å². The van der Waals surface area contributed by atoms with Crippen LogP contribution in [0.15, 0.2) is 35.2 Å². The van der Waals surface area contributed by atoms with Gasteiger partial charge in [0.15, 0.2) is 0 Å². The highest BCUT2D eigenvalue weighted by Gasteiger charge is 2.41. The van der Waals surface area contributed by atoms with E-state index in [-0.39, 0.29) is 0 Å². The van der Waals surface area contributed by atoms with Crippen LogP contribution in [0, 0.1) is 5.92 Å². The maximum absolute atomic E-state index is 12.5. The molecule has 0 bridgehead atoms. The zero-order valence-corrected chi connectivity index (χ0v) is 12.2. The number of rotatable bonds is 6. The van der Waals surface area contributed by atoms with Crippen LogP contribution in [0.4, 0.5) is 0 Å². The fraction of sp³-hybridized carbons (Fsp3) is 0.562. The number of carbonyl (C=O) groups is 1. The summed E-state index contributed by atoms with van der Waals surface area (Å²) in [6, 6.07) is 11.2. The molecule has 0 N–H and O–H groups in total. The Bertz CT molecular complexity index is 439. The number of hydrogen-bond donors (Lipinski definition) is 0. The number of amides is 1. The van der Waals surface area contributed by atoms with Gasteiger partial charge in [-0.3, -0.25) is 4.79 Å². The first-order valence-corrected chi connectivity index (χ1v) is 8.23. The molecule has 1 aromatic rings. The van der Waals surface area contributed by atoms with E-state index in [1.165, 1.54) is 30.6 Å². The molecule has 2 fully saturated rings. The van der Waals surface area contributed by atoms with Crippen molar-refractivity contribution in [2.24, 2.45) is 5.92 Å². The molecule has 0 aliphatic heterocycles. The van der Waals surface area contributed by atoms with Gasteiger partial charge < -0.3 is 4.90 Å².